The van der Waals surface area contributed by atoms with E-state index in [1.165, 1.54) is 0 Å². The Balaban J connectivity index is 2.61. The van der Waals surface area contributed by atoms with Gasteiger partial charge in [-0.2, -0.15) is 5.26 Å². The highest BCUT2D eigenvalue weighted by molar-refractivity contribution is 5.10. The Morgan fingerprint density at radius 2 is 2.60 bits per heavy atom. The maximum absolute atomic E-state index is 8.37. The van der Waals surface area contributed by atoms with E-state index in [1.54, 1.807) is 0 Å². The molecule has 0 aliphatic rings. The van der Waals surface area contributed by atoms with Crippen molar-refractivity contribution in [3.63, 3.8) is 0 Å². The van der Waals surface area contributed by atoms with E-state index in [2.05, 4.69) is 11.1 Å². The van der Waals surface area contributed by atoms with Gasteiger partial charge in [0.25, 0.3) is 0 Å². The van der Waals surface area contributed by atoms with Gasteiger partial charge in [-0.3, -0.25) is 0 Å². The molecule has 0 spiro atoms. The zero-order valence-corrected chi connectivity index (χ0v) is 5.96. The second-order valence-electron chi connectivity index (χ2n) is 2.39. The summed E-state index contributed by atoms with van der Waals surface area (Å²) in [5, 5.41) is 8.37. The molecule has 1 unspecified atom stereocenters. The fraction of sp³-hybridized carbons (Fsp3) is 0.375. The van der Waals surface area contributed by atoms with Crippen LogP contribution in [-0.4, -0.2) is 4.98 Å². The highest BCUT2D eigenvalue weighted by Crippen LogP contribution is 2.14. The first kappa shape index (κ1) is 6.88. The third kappa shape index (κ3) is 1.38. The van der Waals surface area contributed by atoms with Crippen LogP contribution < -0.4 is 0 Å². The number of nitrogens with zero attached hydrogens (tertiary/aromatic N) is 1. The van der Waals surface area contributed by atoms with Gasteiger partial charge in [-0.15, -0.1) is 0 Å². The first-order valence-corrected chi connectivity index (χ1v) is 3.35. The lowest BCUT2D eigenvalue weighted by atomic mass is 10.1. The summed E-state index contributed by atoms with van der Waals surface area (Å²) < 4.78 is 0. The molecule has 0 radical (unpaired) electrons. The summed E-state index contributed by atoms with van der Waals surface area (Å²) in [7, 11) is 0. The van der Waals surface area contributed by atoms with Crippen molar-refractivity contribution in [1.82, 2.24) is 4.98 Å². The van der Waals surface area contributed by atoms with Crippen molar-refractivity contribution in [3.05, 3.63) is 24.0 Å². The van der Waals surface area contributed by atoms with Gasteiger partial charge >= 0.3 is 0 Å². The second-order valence-corrected chi connectivity index (χ2v) is 2.39. The average molecular weight is 134 g/mol. The van der Waals surface area contributed by atoms with Crippen molar-refractivity contribution in [1.29, 1.82) is 5.26 Å². The third-order valence-electron chi connectivity index (χ3n) is 1.55. The SMILES string of the molecule is CC(CC#N)c1ccc[nH]1. The van der Waals surface area contributed by atoms with Gasteiger partial charge < -0.3 is 4.98 Å². The van der Waals surface area contributed by atoms with Gasteiger partial charge in [0.05, 0.1) is 6.07 Å². The quantitative estimate of drug-likeness (QED) is 0.660. The Kier molecular flexibility index (Phi) is 2.11. The molecule has 1 N–H and O–H groups in total. The topological polar surface area (TPSA) is 39.6 Å². The summed E-state index contributed by atoms with van der Waals surface area (Å²) in [6, 6.07) is 6.09. The van der Waals surface area contributed by atoms with E-state index in [0.717, 1.165) is 5.69 Å². The van der Waals surface area contributed by atoms with Crippen molar-refractivity contribution in [2.24, 2.45) is 0 Å². The maximum atomic E-state index is 8.37. The molecule has 0 aromatic carbocycles. The number of H-pyrrole nitrogens is 1. The Bertz CT molecular complexity index is 218. The van der Waals surface area contributed by atoms with Crippen LogP contribution in [0.5, 0.6) is 0 Å². The predicted molar refractivity (Wildman–Crippen MR) is 39.4 cm³/mol. The first-order chi connectivity index (χ1) is 4.84. The van der Waals surface area contributed by atoms with Gasteiger partial charge in [0, 0.05) is 24.2 Å². The number of aromatic nitrogens is 1. The number of nitriles is 1. The normalized spacial score (nSPS) is 12.4. The van der Waals surface area contributed by atoms with Gasteiger partial charge in [0.15, 0.2) is 0 Å². The van der Waals surface area contributed by atoms with Crippen LogP contribution >= 0.6 is 0 Å². The van der Waals surface area contributed by atoms with Crippen LogP contribution in [0.3, 0.4) is 0 Å². The largest absolute Gasteiger partial charge is 0.365 e. The summed E-state index contributed by atoms with van der Waals surface area (Å²) in [4.78, 5) is 3.07. The Morgan fingerprint density at radius 3 is 3.10 bits per heavy atom. The molecule has 1 rings (SSSR count). The van der Waals surface area contributed by atoms with Crippen LogP contribution in [0.25, 0.3) is 0 Å². The lowest BCUT2D eigenvalue weighted by molar-refractivity contribution is 0.764. The lowest BCUT2D eigenvalue weighted by Gasteiger charge is -2.01. The van der Waals surface area contributed by atoms with Crippen LogP contribution in [0.15, 0.2) is 18.3 Å². The van der Waals surface area contributed by atoms with Crippen LogP contribution in [0, 0.1) is 11.3 Å². The summed E-state index contributed by atoms with van der Waals surface area (Å²) in [5.74, 6) is 0.333. The molecule has 1 atom stereocenters. The van der Waals surface area contributed by atoms with E-state index < -0.39 is 0 Å². The summed E-state index contributed by atoms with van der Waals surface area (Å²) in [6.07, 6.45) is 2.46. The van der Waals surface area contributed by atoms with Crippen molar-refractivity contribution in [2.45, 2.75) is 19.3 Å². The fourth-order valence-electron chi connectivity index (χ4n) is 0.898. The van der Waals surface area contributed by atoms with Gasteiger partial charge in [-0.25, -0.2) is 0 Å². The molecule has 0 aliphatic heterocycles. The molecule has 52 valence electrons. The molecule has 0 amide bonds. The molecule has 0 fully saturated rings. The number of aromatic amines is 1. The number of hydrogen-bond acceptors (Lipinski definition) is 1. The Labute approximate surface area is 60.5 Å². The highest BCUT2D eigenvalue weighted by atomic mass is 14.7. The van der Waals surface area contributed by atoms with Crippen molar-refractivity contribution >= 4 is 0 Å². The molecule has 0 bridgehead atoms. The smallest absolute Gasteiger partial charge is 0.0628 e. The molecular weight excluding hydrogens is 124 g/mol. The first-order valence-electron chi connectivity index (χ1n) is 3.35. The fourth-order valence-corrected chi connectivity index (χ4v) is 0.898. The van der Waals surface area contributed by atoms with E-state index in [4.69, 9.17) is 5.26 Å². The molecule has 0 saturated carbocycles. The molecule has 2 nitrogen and oxygen atoms in total. The van der Waals surface area contributed by atoms with Crippen molar-refractivity contribution in [3.8, 4) is 6.07 Å². The minimum absolute atomic E-state index is 0.333. The third-order valence-corrected chi connectivity index (χ3v) is 1.55. The number of nitrogens with one attached hydrogen (secondary N) is 1. The van der Waals surface area contributed by atoms with Gasteiger partial charge in [-0.05, 0) is 12.1 Å². The summed E-state index contributed by atoms with van der Waals surface area (Å²) >= 11 is 0. The van der Waals surface area contributed by atoms with Crippen LogP contribution in [0.2, 0.25) is 0 Å². The minimum atomic E-state index is 0.333. The van der Waals surface area contributed by atoms with E-state index in [9.17, 15) is 0 Å². The van der Waals surface area contributed by atoms with E-state index in [-0.39, 0.29) is 0 Å². The molecular formula is C8H10N2. The summed E-state index contributed by atoms with van der Waals surface area (Å²) in [5.41, 5.74) is 1.14. The zero-order chi connectivity index (χ0) is 7.40. The molecule has 2 heteroatoms. The van der Waals surface area contributed by atoms with E-state index >= 15 is 0 Å². The maximum Gasteiger partial charge on any atom is 0.0628 e. The van der Waals surface area contributed by atoms with Crippen LogP contribution in [0.4, 0.5) is 0 Å². The van der Waals surface area contributed by atoms with E-state index in [1.807, 2.05) is 25.3 Å². The molecule has 1 heterocycles. The number of hydrogen-bond donors (Lipinski definition) is 1. The van der Waals surface area contributed by atoms with Crippen molar-refractivity contribution < 1.29 is 0 Å². The monoisotopic (exact) mass is 134 g/mol. The second kappa shape index (κ2) is 3.07. The number of rotatable bonds is 2. The van der Waals surface area contributed by atoms with Gasteiger partial charge in [0.1, 0.15) is 0 Å². The van der Waals surface area contributed by atoms with Crippen LogP contribution in [-0.2, 0) is 0 Å². The minimum Gasteiger partial charge on any atom is -0.365 e. The Hall–Kier alpha value is -1.23. The molecule has 0 aliphatic carbocycles. The lowest BCUT2D eigenvalue weighted by Crippen LogP contribution is -1.90. The highest BCUT2D eigenvalue weighted by Gasteiger charge is 2.03. The summed E-state index contributed by atoms with van der Waals surface area (Å²) in [6.45, 7) is 2.04. The standard InChI is InChI=1S/C8H10N2/c1-7(4-5-9)8-3-2-6-10-8/h2-3,6-7,10H,4H2,1H3. The van der Waals surface area contributed by atoms with Gasteiger partial charge in [-0.1, -0.05) is 6.92 Å². The Morgan fingerprint density at radius 1 is 1.80 bits per heavy atom. The van der Waals surface area contributed by atoms with Gasteiger partial charge in [0.2, 0.25) is 0 Å². The molecule has 1 aromatic heterocycles. The predicted octanol–water partition coefficient (Wildman–Crippen LogP) is 2.03. The molecule has 1 aromatic rings. The zero-order valence-electron chi connectivity index (χ0n) is 5.96. The molecule has 10 heavy (non-hydrogen) atoms. The van der Waals surface area contributed by atoms with Crippen molar-refractivity contribution in [2.75, 3.05) is 0 Å². The van der Waals surface area contributed by atoms with Crippen LogP contribution in [0.1, 0.15) is 25.0 Å². The van der Waals surface area contributed by atoms with E-state index in [0.29, 0.717) is 12.3 Å². The average Bonchev–Trinajstić information content (AvgIpc) is 2.38. The molecule has 0 saturated heterocycles.